The van der Waals surface area contributed by atoms with Crippen LogP contribution in [0.4, 0.5) is 8.78 Å². The normalized spacial score (nSPS) is 12.5. The predicted molar refractivity (Wildman–Crippen MR) is 74.0 cm³/mol. The van der Waals surface area contributed by atoms with E-state index in [1.165, 1.54) is 0 Å². The van der Waals surface area contributed by atoms with E-state index in [9.17, 15) is 13.9 Å². The van der Waals surface area contributed by atoms with E-state index in [2.05, 4.69) is 15.9 Å². The van der Waals surface area contributed by atoms with Gasteiger partial charge >= 0.3 is 0 Å². The Balaban J connectivity index is 2.46. The second-order valence-corrected chi connectivity index (χ2v) is 5.37. The number of rotatable bonds is 2. The van der Waals surface area contributed by atoms with Crippen molar-refractivity contribution in [2.24, 2.45) is 0 Å². The summed E-state index contributed by atoms with van der Waals surface area (Å²) in [7, 11) is 0. The summed E-state index contributed by atoms with van der Waals surface area (Å²) in [6, 6.07) is 6.66. The zero-order chi connectivity index (χ0) is 14.2. The van der Waals surface area contributed by atoms with E-state index in [0.29, 0.717) is 5.56 Å². The molecule has 0 heterocycles. The lowest BCUT2D eigenvalue weighted by Crippen LogP contribution is -2.02. The smallest absolute Gasteiger partial charge is 0.126 e. The monoisotopic (exact) mass is 326 g/mol. The van der Waals surface area contributed by atoms with Gasteiger partial charge in [0.2, 0.25) is 0 Å². The zero-order valence-corrected chi connectivity index (χ0v) is 12.1. The number of hydrogen-bond acceptors (Lipinski definition) is 1. The van der Waals surface area contributed by atoms with Crippen LogP contribution in [0.5, 0.6) is 0 Å². The van der Waals surface area contributed by atoms with Crippen molar-refractivity contribution in [2.75, 3.05) is 0 Å². The first kappa shape index (κ1) is 14.2. The maximum absolute atomic E-state index is 13.2. The van der Waals surface area contributed by atoms with Crippen LogP contribution in [0.25, 0.3) is 0 Å². The van der Waals surface area contributed by atoms with Crippen LogP contribution in [-0.4, -0.2) is 5.11 Å². The molecular weight excluding hydrogens is 314 g/mol. The number of aryl methyl sites for hydroxylation is 2. The van der Waals surface area contributed by atoms with Crippen molar-refractivity contribution in [3.8, 4) is 0 Å². The van der Waals surface area contributed by atoms with Gasteiger partial charge in [-0.05, 0) is 48.2 Å². The van der Waals surface area contributed by atoms with Crippen molar-refractivity contribution >= 4 is 15.9 Å². The average Bonchev–Trinajstić information content (AvgIpc) is 2.33. The Morgan fingerprint density at radius 3 is 1.79 bits per heavy atom. The van der Waals surface area contributed by atoms with Crippen LogP contribution in [0.3, 0.4) is 0 Å². The average molecular weight is 327 g/mol. The first-order valence-electron chi connectivity index (χ1n) is 5.79. The molecule has 0 aromatic heterocycles. The highest BCUT2D eigenvalue weighted by Crippen LogP contribution is 2.29. The lowest BCUT2D eigenvalue weighted by molar-refractivity contribution is 0.219. The molecule has 0 saturated carbocycles. The highest BCUT2D eigenvalue weighted by molar-refractivity contribution is 9.10. The molecule has 1 N–H and O–H groups in total. The van der Waals surface area contributed by atoms with Crippen LogP contribution in [-0.2, 0) is 0 Å². The Bertz CT molecular complexity index is 582. The molecule has 0 aliphatic carbocycles. The molecule has 19 heavy (non-hydrogen) atoms. The van der Waals surface area contributed by atoms with E-state index in [4.69, 9.17) is 0 Å². The Hall–Kier alpha value is -1.26. The third-order valence-electron chi connectivity index (χ3n) is 2.98. The number of aliphatic hydroxyl groups excluding tert-OH is 1. The van der Waals surface area contributed by atoms with Gasteiger partial charge in [0.05, 0.1) is 0 Å². The fourth-order valence-corrected chi connectivity index (χ4v) is 2.29. The summed E-state index contributed by atoms with van der Waals surface area (Å²) in [5.41, 5.74) is 2.75. The van der Waals surface area contributed by atoms with Crippen LogP contribution < -0.4 is 0 Å². The highest BCUT2D eigenvalue weighted by atomic mass is 79.9. The van der Waals surface area contributed by atoms with Gasteiger partial charge in [0.25, 0.3) is 0 Å². The van der Waals surface area contributed by atoms with Crippen molar-refractivity contribution in [1.82, 2.24) is 0 Å². The van der Waals surface area contributed by atoms with Crippen LogP contribution >= 0.6 is 15.9 Å². The minimum absolute atomic E-state index is 0.207. The maximum atomic E-state index is 13.2. The van der Waals surface area contributed by atoms with Crippen molar-refractivity contribution in [3.63, 3.8) is 0 Å². The van der Waals surface area contributed by atoms with E-state index in [1.807, 2.05) is 13.8 Å². The molecule has 0 amide bonds. The molecule has 0 spiro atoms. The molecule has 2 aromatic carbocycles. The number of hydrogen-bond donors (Lipinski definition) is 1. The molecule has 1 atom stereocenters. The first-order valence-corrected chi connectivity index (χ1v) is 6.58. The largest absolute Gasteiger partial charge is 0.384 e. The molecule has 1 unspecified atom stereocenters. The lowest BCUT2D eigenvalue weighted by Gasteiger charge is -2.15. The summed E-state index contributed by atoms with van der Waals surface area (Å²) in [4.78, 5) is 0. The summed E-state index contributed by atoms with van der Waals surface area (Å²) in [6.45, 7) is 3.80. The van der Waals surface area contributed by atoms with Crippen LogP contribution in [0.2, 0.25) is 0 Å². The molecule has 2 aromatic rings. The molecule has 0 aliphatic heterocycles. The van der Waals surface area contributed by atoms with Gasteiger partial charge in [-0.15, -0.1) is 0 Å². The van der Waals surface area contributed by atoms with E-state index in [0.717, 1.165) is 33.8 Å². The first-order chi connectivity index (χ1) is 8.88. The molecule has 0 saturated heterocycles. The molecule has 2 rings (SSSR count). The van der Waals surface area contributed by atoms with Gasteiger partial charge in [0, 0.05) is 10.5 Å². The second kappa shape index (κ2) is 5.39. The fraction of sp³-hybridized carbons (Fsp3) is 0.200. The van der Waals surface area contributed by atoms with Gasteiger partial charge in [-0.1, -0.05) is 28.1 Å². The van der Waals surface area contributed by atoms with Gasteiger partial charge in [0.1, 0.15) is 17.7 Å². The van der Waals surface area contributed by atoms with Crippen molar-refractivity contribution in [2.45, 2.75) is 20.0 Å². The van der Waals surface area contributed by atoms with Crippen LogP contribution in [0.1, 0.15) is 28.4 Å². The third kappa shape index (κ3) is 3.01. The van der Waals surface area contributed by atoms with Gasteiger partial charge in [-0.3, -0.25) is 0 Å². The van der Waals surface area contributed by atoms with Gasteiger partial charge in [-0.25, -0.2) is 8.78 Å². The maximum Gasteiger partial charge on any atom is 0.126 e. The number of benzene rings is 2. The van der Waals surface area contributed by atoms with Gasteiger partial charge in [-0.2, -0.15) is 0 Å². The SMILES string of the molecule is Cc1cc(C(O)c2cc(F)cc(F)c2)cc(C)c1Br. The Morgan fingerprint density at radius 2 is 1.32 bits per heavy atom. The summed E-state index contributed by atoms with van der Waals surface area (Å²) >= 11 is 3.44. The van der Waals surface area contributed by atoms with Crippen molar-refractivity contribution < 1.29 is 13.9 Å². The van der Waals surface area contributed by atoms with E-state index >= 15 is 0 Å². The molecule has 0 radical (unpaired) electrons. The molecule has 1 nitrogen and oxygen atoms in total. The minimum Gasteiger partial charge on any atom is -0.384 e. The third-order valence-corrected chi connectivity index (χ3v) is 4.23. The highest BCUT2D eigenvalue weighted by Gasteiger charge is 2.14. The Labute approximate surface area is 119 Å². The summed E-state index contributed by atoms with van der Waals surface area (Å²) in [5.74, 6) is -1.39. The fourth-order valence-electron chi connectivity index (χ4n) is 2.06. The summed E-state index contributed by atoms with van der Waals surface area (Å²) < 4.78 is 27.3. The molecule has 100 valence electrons. The minimum atomic E-state index is -1.05. The van der Waals surface area contributed by atoms with Gasteiger partial charge in [0.15, 0.2) is 0 Å². The van der Waals surface area contributed by atoms with Crippen molar-refractivity contribution in [3.05, 3.63) is 68.7 Å². The van der Waals surface area contributed by atoms with E-state index in [1.54, 1.807) is 12.1 Å². The number of halogens is 3. The molecule has 0 fully saturated rings. The summed E-state index contributed by atoms with van der Waals surface area (Å²) in [6.07, 6.45) is -1.05. The number of aliphatic hydroxyl groups is 1. The van der Waals surface area contributed by atoms with E-state index in [-0.39, 0.29) is 5.56 Å². The van der Waals surface area contributed by atoms with E-state index < -0.39 is 17.7 Å². The van der Waals surface area contributed by atoms with Crippen molar-refractivity contribution in [1.29, 1.82) is 0 Å². The van der Waals surface area contributed by atoms with Crippen LogP contribution in [0.15, 0.2) is 34.8 Å². The molecule has 0 aliphatic rings. The van der Waals surface area contributed by atoms with Gasteiger partial charge < -0.3 is 5.11 Å². The summed E-state index contributed by atoms with van der Waals surface area (Å²) in [5, 5.41) is 10.2. The molecule has 4 heteroatoms. The standard InChI is InChI=1S/C15H13BrF2O/c1-8-3-10(4-9(2)14(8)16)15(19)11-5-12(17)7-13(18)6-11/h3-7,15,19H,1-2H3. The zero-order valence-electron chi connectivity index (χ0n) is 10.5. The Kier molecular flexibility index (Phi) is 4.02. The second-order valence-electron chi connectivity index (χ2n) is 4.57. The quantitative estimate of drug-likeness (QED) is 0.865. The lowest BCUT2D eigenvalue weighted by atomic mass is 9.98. The topological polar surface area (TPSA) is 20.2 Å². The predicted octanol–water partition coefficient (Wildman–Crippen LogP) is 4.43. The molecule has 0 bridgehead atoms. The van der Waals surface area contributed by atoms with Crippen LogP contribution in [0, 0.1) is 25.5 Å². The Morgan fingerprint density at radius 1 is 0.895 bits per heavy atom. The molecular formula is C15H13BrF2O.